The topological polar surface area (TPSA) is 76.6 Å². The van der Waals surface area contributed by atoms with Gasteiger partial charge in [0.25, 0.3) is 5.91 Å². The Morgan fingerprint density at radius 2 is 1.93 bits per heavy atom. The van der Waals surface area contributed by atoms with E-state index in [1.165, 1.54) is 17.2 Å². The van der Waals surface area contributed by atoms with Crippen LogP contribution in [0, 0.1) is 0 Å². The SMILES string of the molecule is CN(C(=O)COC(=O)c1ccccn1)[C@]1(c2ccccc2Cl)CCCCC1=O. The van der Waals surface area contributed by atoms with Crippen molar-refractivity contribution < 1.29 is 19.1 Å². The first-order chi connectivity index (χ1) is 13.5. The molecule has 0 spiro atoms. The van der Waals surface area contributed by atoms with E-state index in [1.54, 1.807) is 43.4 Å². The van der Waals surface area contributed by atoms with Gasteiger partial charge in [-0.3, -0.25) is 9.59 Å². The zero-order valence-electron chi connectivity index (χ0n) is 15.6. The van der Waals surface area contributed by atoms with Crippen molar-refractivity contribution in [3.63, 3.8) is 0 Å². The maximum Gasteiger partial charge on any atom is 0.357 e. The predicted molar refractivity (Wildman–Crippen MR) is 104 cm³/mol. The van der Waals surface area contributed by atoms with E-state index in [9.17, 15) is 14.4 Å². The van der Waals surface area contributed by atoms with Gasteiger partial charge in [0.15, 0.2) is 12.4 Å². The van der Waals surface area contributed by atoms with Crippen LogP contribution in [-0.2, 0) is 19.9 Å². The highest BCUT2D eigenvalue weighted by molar-refractivity contribution is 6.31. The van der Waals surface area contributed by atoms with Gasteiger partial charge in [0.1, 0.15) is 11.2 Å². The number of aromatic nitrogens is 1. The lowest BCUT2D eigenvalue weighted by Gasteiger charge is -2.43. The smallest absolute Gasteiger partial charge is 0.357 e. The first kappa shape index (κ1) is 20.0. The van der Waals surface area contributed by atoms with Gasteiger partial charge in [0.05, 0.1) is 0 Å². The van der Waals surface area contributed by atoms with Crippen LogP contribution in [0.5, 0.6) is 0 Å². The van der Waals surface area contributed by atoms with Gasteiger partial charge >= 0.3 is 5.97 Å². The van der Waals surface area contributed by atoms with E-state index in [0.29, 0.717) is 23.4 Å². The maximum atomic E-state index is 13.0. The molecule has 0 unspecified atom stereocenters. The third kappa shape index (κ3) is 3.78. The fraction of sp³-hybridized carbons (Fsp3) is 0.333. The summed E-state index contributed by atoms with van der Waals surface area (Å²) in [6.45, 7) is -0.481. The number of benzene rings is 1. The molecule has 1 heterocycles. The molecule has 1 atom stereocenters. The number of hydrogen-bond acceptors (Lipinski definition) is 5. The molecule has 0 aliphatic heterocycles. The van der Waals surface area contributed by atoms with Crippen molar-refractivity contribution in [1.82, 2.24) is 9.88 Å². The lowest BCUT2D eigenvalue weighted by Crippen LogP contribution is -2.55. The summed E-state index contributed by atoms with van der Waals surface area (Å²) in [5.74, 6) is -1.22. The Morgan fingerprint density at radius 3 is 2.61 bits per heavy atom. The monoisotopic (exact) mass is 400 g/mol. The summed E-state index contributed by atoms with van der Waals surface area (Å²) in [5.41, 5.74) is -0.425. The normalized spacial score (nSPS) is 19.1. The number of ether oxygens (including phenoxy) is 1. The zero-order valence-corrected chi connectivity index (χ0v) is 16.3. The molecule has 0 bridgehead atoms. The number of likely N-dealkylation sites (N-methyl/N-ethyl adjacent to an activating group) is 1. The van der Waals surface area contributed by atoms with Gasteiger partial charge < -0.3 is 9.64 Å². The largest absolute Gasteiger partial charge is 0.451 e. The molecule has 2 aromatic rings. The van der Waals surface area contributed by atoms with Gasteiger partial charge in [-0.2, -0.15) is 0 Å². The number of halogens is 1. The molecule has 3 rings (SSSR count). The summed E-state index contributed by atoms with van der Waals surface area (Å²) in [4.78, 5) is 43.2. The Bertz CT molecular complexity index is 887. The second kappa shape index (κ2) is 8.52. The molecule has 1 aromatic carbocycles. The van der Waals surface area contributed by atoms with E-state index in [2.05, 4.69) is 4.98 Å². The predicted octanol–water partition coefficient (Wildman–Crippen LogP) is 3.39. The molecule has 0 saturated heterocycles. The van der Waals surface area contributed by atoms with E-state index in [1.807, 2.05) is 0 Å². The molecule has 1 amide bonds. The third-order valence-electron chi connectivity index (χ3n) is 5.12. The number of nitrogens with zero attached hydrogens (tertiary/aromatic N) is 2. The van der Waals surface area contributed by atoms with Gasteiger partial charge in [-0.25, -0.2) is 9.78 Å². The minimum atomic E-state index is -1.15. The number of amides is 1. The molecule has 1 fully saturated rings. The van der Waals surface area contributed by atoms with E-state index in [0.717, 1.165) is 12.8 Å². The average molecular weight is 401 g/mol. The van der Waals surface area contributed by atoms with E-state index in [4.69, 9.17) is 16.3 Å². The molecule has 1 aromatic heterocycles. The molecule has 1 aliphatic carbocycles. The summed E-state index contributed by atoms with van der Waals surface area (Å²) >= 11 is 6.38. The molecule has 6 nitrogen and oxygen atoms in total. The minimum Gasteiger partial charge on any atom is -0.451 e. The quantitative estimate of drug-likeness (QED) is 0.719. The second-order valence-electron chi connectivity index (χ2n) is 6.71. The number of ketones is 1. The number of esters is 1. The van der Waals surface area contributed by atoms with E-state index < -0.39 is 24.0 Å². The Hall–Kier alpha value is -2.73. The Balaban J connectivity index is 1.82. The lowest BCUT2D eigenvalue weighted by molar-refractivity contribution is -0.150. The minimum absolute atomic E-state index is 0.0567. The van der Waals surface area contributed by atoms with E-state index in [-0.39, 0.29) is 11.5 Å². The van der Waals surface area contributed by atoms with Crippen LogP contribution in [0.15, 0.2) is 48.7 Å². The van der Waals surface area contributed by atoms with Crippen LogP contribution in [0.25, 0.3) is 0 Å². The van der Waals surface area contributed by atoms with Crippen LogP contribution in [0.1, 0.15) is 41.7 Å². The summed E-state index contributed by atoms with van der Waals surface area (Å²) in [6, 6.07) is 11.9. The first-order valence-corrected chi connectivity index (χ1v) is 9.48. The molecule has 1 saturated carbocycles. The number of rotatable bonds is 5. The molecule has 28 heavy (non-hydrogen) atoms. The van der Waals surface area contributed by atoms with Gasteiger partial charge in [0, 0.05) is 30.3 Å². The van der Waals surface area contributed by atoms with Crippen molar-refractivity contribution in [2.45, 2.75) is 31.2 Å². The number of hydrogen-bond donors (Lipinski definition) is 0. The van der Waals surface area contributed by atoms with Gasteiger partial charge in [-0.1, -0.05) is 35.9 Å². The second-order valence-corrected chi connectivity index (χ2v) is 7.12. The van der Waals surface area contributed by atoms with Crippen molar-refractivity contribution in [3.8, 4) is 0 Å². The van der Waals surface area contributed by atoms with Crippen LogP contribution >= 0.6 is 11.6 Å². The summed E-state index contributed by atoms with van der Waals surface area (Å²) < 4.78 is 5.11. The summed E-state index contributed by atoms with van der Waals surface area (Å²) in [7, 11) is 1.56. The fourth-order valence-electron chi connectivity index (χ4n) is 3.62. The van der Waals surface area contributed by atoms with E-state index >= 15 is 0 Å². The molecule has 146 valence electrons. The third-order valence-corrected chi connectivity index (χ3v) is 5.45. The van der Waals surface area contributed by atoms with Crippen LogP contribution < -0.4 is 0 Å². The Morgan fingerprint density at radius 1 is 1.18 bits per heavy atom. The zero-order chi connectivity index (χ0) is 20.1. The number of carbonyl (C=O) groups excluding carboxylic acids is 3. The average Bonchev–Trinajstić information content (AvgIpc) is 2.73. The lowest BCUT2D eigenvalue weighted by atomic mass is 9.74. The standard InChI is InChI=1S/C21H21ClN2O4/c1-24(19(26)14-28-20(27)17-10-5-7-13-23-17)21(12-6-4-11-18(21)25)15-8-2-3-9-16(15)22/h2-3,5,7-10,13H,4,6,11-12,14H2,1H3/t21-/m0/s1. The molecular weight excluding hydrogens is 380 g/mol. The van der Waals surface area contributed by atoms with Crippen LogP contribution in [0.2, 0.25) is 5.02 Å². The van der Waals surface area contributed by atoms with Gasteiger partial charge in [-0.05, 0) is 37.5 Å². The maximum absolute atomic E-state index is 13.0. The van der Waals surface area contributed by atoms with Crippen molar-refractivity contribution >= 4 is 29.3 Å². The van der Waals surface area contributed by atoms with Crippen molar-refractivity contribution in [2.75, 3.05) is 13.7 Å². The molecular formula is C21H21ClN2O4. The van der Waals surface area contributed by atoms with Crippen molar-refractivity contribution in [1.29, 1.82) is 0 Å². The number of Topliss-reactive ketones (excluding diaryl/α,β-unsaturated/α-hetero) is 1. The van der Waals surface area contributed by atoms with Crippen LogP contribution in [-0.4, -0.2) is 41.2 Å². The summed E-state index contributed by atoms with van der Waals surface area (Å²) in [5, 5.41) is 0.433. The Labute approximate surface area is 168 Å². The molecule has 0 N–H and O–H groups in total. The highest BCUT2D eigenvalue weighted by atomic mass is 35.5. The van der Waals surface area contributed by atoms with Gasteiger partial charge in [0.2, 0.25) is 0 Å². The molecule has 1 aliphatic rings. The van der Waals surface area contributed by atoms with Crippen molar-refractivity contribution in [3.05, 3.63) is 64.9 Å². The number of carbonyl (C=O) groups is 3. The highest BCUT2D eigenvalue weighted by Gasteiger charge is 2.48. The molecule has 0 radical (unpaired) electrons. The molecule has 7 heteroatoms. The number of pyridine rings is 1. The highest BCUT2D eigenvalue weighted by Crippen LogP contribution is 2.42. The van der Waals surface area contributed by atoms with Crippen LogP contribution in [0.3, 0.4) is 0 Å². The Kier molecular flexibility index (Phi) is 6.09. The first-order valence-electron chi connectivity index (χ1n) is 9.10. The van der Waals surface area contributed by atoms with Crippen molar-refractivity contribution in [2.24, 2.45) is 0 Å². The van der Waals surface area contributed by atoms with Gasteiger partial charge in [-0.15, -0.1) is 0 Å². The fourth-order valence-corrected chi connectivity index (χ4v) is 3.92. The summed E-state index contributed by atoms with van der Waals surface area (Å²) in [6.07, 6.45) is 3.89. The van der Waals surface area contributed by atoms with Crippen LogP contribution in [0.4, 0.5) is 0 Å².